The van der Waals surface area contributed by atoms with Gasteiger partial charge in [-0.25, -0.2) is 4.79 Å². The van der Waals surface area contributed by atoms with Gasteiger partial charge in [-0.15, -0.1) is 0 Å². The first-order chi connectivity index (χ1) is 11.5. The molecule has 0 unspecified atom stereocenters. The molecule has 0 bridgehead atoms. The summed E-state index contributed by atoms with van der Waals surface area (Å²) in [5, 5.41) is 0.716. The molecule has 0 aliphatic rings. The lowest BCUT2D eigenvalue weighted by molar-refractivity contribution is 0.0820. The second-order valence-corrected chi connectivity index (χ2v) is 5.87. The first-order valence-corrected chi connectivity index (χ1v) is 7.77. The summed E-state index contributed by atoms with van der Waals surface area (Å²) in [6, 6.07) is 14.1. The number of Topliss-reactive ketones (excluding diaryl/α,β-unsaturated/α-hetero) is 1. The van der Waals surface area contributed by atoms with Gasteiger partial charge in [-0.3, -0.25) is 4.79 Å². The maximum Gasteiger partial charge on any atom is 0.336 e. The van der Waals surface area contributed by atoms with E-state index >= 15 is 0 Å². The summed E-state index contributed by atoms with van der Waals surface area (Å²) in [5.74, 6) is 0.448. The summed E-state index contributed by atoms with van der Waals surface area (Å²) in [6.45, 7) is 5.43. The molecule has 4 nitrogen and oxygen atoms in total. The van der Waals surface area contributed by atoms with Crippen molar-refractivity contribution in [3.8, 4) is 5.75 Å². The van der Waals surface area contributed by atoms with Gasteiger partial charge < -0.3 is 9.15 Å². The number of fused-ring (bicyclic) bond motifs is 1. The molecule has 0 fully saturated rings. The van der Waals surface area contributed by atoms with Crippen LogP contribution in [0, 0.1) is 13.8 Å². The van der Waals surface area contributed by atoms with E-state index in [9.17, 15) is 9.59 Å². The molecule has 0 N–H and O–H groups in total. The molecule has 122 valence electrons. The number of carbonyl (C=O) groups excluding carboxylic acids is 1. The summed E-state index contributed by atoms with van der Waals surface area (Å²) in [4.78, 5) is 24.1. The lowest BCUT2D eigenvalue weighted by Gasteiger charge is -2.16. The van der Waals surface area contributed by atoms with E-state index < -0.39 is 11.7 Å². The number of hydrogen-bond acceptors (Lipinski definition) is 4. The van der Waals surface area contributed by atoms with Gasteiger partial charge in [0.15, 0.2) is 6.10 Å². The van der Waals surface area contributed by atoms with Crippen LogP contribution >= 0.6 is 0 Å². The van der Waals surface area contributed by atoms with Crippen LogP contribution in [-0.4, -0.2) is 11.9 Å². The van der Waals surface area contributed by atoms with E-state index in [1.807, 2.05) is 38.1 Å². The minimum Gasteiger partial charge on any atom is -0.482 e. The first-order valence-electron chi connectivity index (χ1n) is 7.77. The minimum atomic E-state index is -0.649. The Balaban J connectivity index is 2.01. The third kappa shape index (κ3) is 3.08. The Morgan fingerprint density at radius 3 is 2.50 bits per heavy atom. The average Bonchev–Trinajstić information content (AvgIpc) is 2.53. The largest absolute Gasteiger partial charge is 0.482 e. The van der Waals surface area contributed by atoms with Crippen LogP contribution in [-0.2, 0) is 0 Å². The zero-order valence-corrected chi connectivity index (χ0v) is 13.8. The van der Waals surface area contributed by atoms with Crippen LogP contribution < -0.4 is 10.4 Å². The zero-order chi connectivity index (χ0) is 17.3. The molecule has 0 radical (unpaired) electrons. The van der Waals surface area contributed by atoms with E-state index in [1.54, 1.807) is 25.1 Å². The number of aryl methyl sites for hydroxylation is 2. The van der Waals surface area contributed by atoms with E-state index in [-0.39, 0.29) is 5.78 Å². The highest BCUT2D eigenvalue weighted by atomic mass is 16.5. The highest BCUT2D eigenvalue weighted by Gasteiger charge is 2.19. The lowest BCUT2D eigenvalue weighted by atomic mass is 10.1. The molecule has 0 aliphatic carbocycles. The number of benzene rings is 2. The Labute approximate surface area is 139 Å². The van der Waals surface area contributed by atoms with Gasteiger partial charge in [-0.2, -0.15) is 0 Å². The predicted octanol–water partition coefficient (Wildman–Crippen LogP) is 4.06. The molecular weight excluding hydrogens is 304 g/mol. The van der Waals surface area contributed by atoms with Crippen LogP contribution in [0.15, 0.2) is 57.7 Å². The van der Waals surface area contributed by atoms with Gasteiger partial charge in [0.2, 0.25) is 5.78 Å². The van der Waals surface area contributed by atoms with E-state index in [4.69, 9.17) is 9.15 Å². The third-order valence-electron chi connectivity index (χ3n) is 3.88. The molecule has 0 saturated heterocycles. The Hall–Kier alpha value is -2.88. The summed E-state index contributed by atoms with van der Waals surface area (Å²) >= 11 is 0. The standard InChI is InChI=1S/C20H18O4/c1-12-9-16(19-13(2)11-18(21)24-17(19)10-12)23-14(3)20(22)15-7-5-4-6-8-15/h4-11,14H,1-3H3/t14-/m1/s1. The molecule has 0 saturated carbocycles. The molecule has 4 heteroatoms. The summed E-state index contributed by atoms with van der Waals surface area (Å²) in [6.07, 6.45) is -0.649. The molecule has 24 heavy (non-hydrogen) atoms. The number of ether oxygens (including phenoxy) is 1. The third-order valence-corrected chi connectivity index (χ3v) is 3.88. The van der Waals surface area contributed by atoms with Crippen LogP contribution in [0.5, 0.6) is 5.75 Å². The van der Waals surface area contributed by atoms with E-state index in [2.05, 4.69) is 0 Å². The van der Waals surface area contributed by atoms with Gasteiger partial charge >= 0.3 is 5.63 Å². The topological polar surface area (TPSA) is 56.5 Å². The average molecular weight is 322 g/mol. The Morgan fingerprint density at radius 2 is 1.79 bits per heavy atom. The highest BCUT2D eigenvalue weighted by molar-refractivity contribution is 5.99. The van der Waals surface area contributed by atoms with Gasteiger partial charge in [-0.05, 0) is 44.0 Å². The monoisotopic (exact) mass is 322 g/mol. The smallest absolute Gasteiger partial charge is 0.336 e. The van der Waals surface area contributed by atoms with Crippen molar-refractivity contribution in [1.29, 1.82) is 0 Å². The fourth-order valence-electron chi connectivity index (χ4n) is 2.75. The normalized spacial score (nSPS) is 12.1. The number of carbonyl (C=O) groups is 1. The van der Waals surface area contributed by atoms with Crippen molar-refractivity contribution in [2.75, 3.05) is 0 Å². The SMILES string of the molecule is Cc1cc(O[C@H](C)C(=O)c2ccccc2)c2c(C)cc(=O)oc2c1. The van der Waals surface area contributed by atoms with Crippen LogP contribution in [0.2, 0.25) is 0 Å². The van der Waals surface area contributed by atoms with Crippen molar-refractivity contribution in [2.45, 2.75) is 26.9 Å². The predicted molar refractivity (Wildman–Crippen MR) is 92.8 cm³/mol. The molecule has 0 aliphatic heterocycles. The molecule has 1 aromatic heterocycles. The van der Waals surface area contributed by atoms with E-state index in [0.29, 0.717) is 22.3 Å². The number of ketones is 1. The van der Waals surface area contributed by atoms with Gasteiger partial charge in [0, 0.05) is 11.6 Å². The van der Waals surface area contributed by atoms with Crippen molar-refractivity contribution in [1.82, 2.24) is 0 Å². The number of hydrogen-bond donors (Lipinski definition) is 0. The quantitative estimate of drug-likeness (QED) is 0.537. The molecule has 0 amide bonds. The molecule has 3 aromatic rings. The van der Waals surface area contributed by atoms with Gasteiger partial charge in [0.05, 0.1) is 5.39 Å². The van der Waals surface area contributed by atoms with Gasteiger partial charge in [-0.1, -0.05) is 30.3 Å². The van der Waals surface area contributed by atoms with Crippen LogP contribution in [0.1, 0.15) is 28.4 Å². The van der Waals surface area contributed by atoms with Gasteiger partial charge in [0.25, 0.3) is 0 Å². The highest BCUT2D eigenvalue weighted by Crippen LogP contribution is 2.30. The second-order valence-electron chi connectivity index (χ2n) is 5.87. The summed E-state index contributed by atoms with van der Waals surface area (Å²) < 4.78 is 11.2. The van der Waals surface area contributed by atoms with Crippen molar-refractivity contribution in [2.24, 2.45) is 0 Å². The summed E-state index contributed by atoms with van der Waals surface area (Å²) in [7, 11) is 0. The van der Waals surface area contributed by atoms with E-state index in [0.717, 1.165) is 11.1 Å². The van der Waals surface area contributed by atoms with E-state index in [1.165, 1.54) is 6.07 Å². The first kappa shape index (κ1) is 16.0. The number of rotatable bonds is 4. The molecular formula is C20H18O4. The van der Waals surface area contributed by atoms with Crippen LogP contribution in [0.3, 0.4) is 0 Å². The van der Waals surface area contributed by atoms with Crippen LogP contribution in [0.25, 0.3) is 11.0 Å². The molecule has 1 heterocycles. The second kappa shape index (κ2) is 6.32. The van der Waals surface area contributed by atoms with Crippen molar-refractivity contribution >= 4 is 16.8 Å². The Morgan fingerprint density at radius 1 is 1.08 bits per heavy atom. The van der Waals surface area contributed by atoms with Gasteiger partial charge in [0.1, 0.15) is 11.3 Å². The molecule has 0 spiro atoms. The van der Waals surface area contributed by atoms with Crippen molar-refractivity contribution in [3.05, 3.63) is 75.6 Å². The lowest BCUT2D eigenvalue weighted by Crippen LogP contribution is -2.24. The van der Waals surface area contributed by atoms with Crippen LogP contribution in [0.4, 0.5) is 0 Å². The van der Waals surface area contributed by atoms with Crippen molar-refractivity contribution in [3.63, 3.8) is 0 Å². The maximum atomic E-state index is 12.5. The molecule has 3 rings (SSSR count). The minimum absolute atomic E-state index is 0.0970. The van der Waals surface area contributed by atoms with Crippen molar-refractivity contribution < 1.29 is 13.9 Å². The fourth-order valence-corrected chi connectivity index (χ4v) is 2.75. The Kier molecular flexibility index (Phi) is 4.21. The zero-order valence-electron chi connectivity index (χ0n) is 13.8. The Bertz CT molecular complexity index is 955. The summed E-state index contributed by atoms with van der Waals surface area (Å²) in [5.41, 5.74) is 2.32. The molecule has 2 aromatic carbocycles. The molecule has 1 atom stereocenters. The maximum absolute atomic E-state index is 12.5. The fraction of sp³-hybridized carbons (Fsp3) is 0.200.